The van der Waals surface area contributed by atoms with E-state index in [0.29, 0.717) is 16.3 Å². The highest BCUT2D eigenvalue weighted by Gasteiger charge is 2.43. The first-order valence-corrected chi connectivity index (χ1v) is 6.58. The third-order valence-electron chi connectivity index (χ3n) is 3.52. The summed E-state index contributed by atoms with van der Waals surface area (Å²) in [5.74, 6) is 0.915. The van der Waals surface area contributed by atoms with Crippen molar-refractivity contribution in [3.8, 4) is 0 Å². The molecule has 3 rings (SSSR count). The molecule has 0 heterocycles. The molecule has 1 fully saturated rings. The van der Waals surface area contributed by atoms with Gasteiger partial charge < -0.3 is 0 Å². The molecule has 3 heteroatoms. The van der Waals surface area contributed by atoms with Crippen LogP contribution in [0, 0.1) is 0 Å². The monoisotopic (exact) mass is 302 g/mol. The molecule has 2 aliphatic carbocycles. The van der Waals surface area contributed by atoms with Gasteiger partial charge in [-0.25, -0.2) is 0 Å². The van der Waals surface area contributed by atoms with E-state index in [-0.39, 0.29) is 0 Å². The lowest BCUT2D eigenvalue weighted by molar-refractivity contribution is 0.715. The fraction of sp³-hybridized carbons (Fsp3) is 0.333. The summed E-state index contributed by atoms with van der Waals surface area (Å²) in [6, 6.07) is 6.38. The van der Waals surface area contributed by atoms with E-state index in [9.17, 15) is 0 Å². The van der Waals surface area contributed by atoms with E-state index in [0.717, 1.165) is 0 Å². The molecule has 0 saturated heterocycles. The summed E-state index contributed by atoms with van der Waals surface area (Å²) in [6.45, 7) is 0. The highest BCUT2D eigenvalue weighted by molar-refractivity contribution is 9.10. The van der Waals surface area contributed by atoms with Crippen LogP contribution < -0.4 is 0 Å². The van der Waals surface area contributed by atoms with Crippen LogP contribution in [0.25, 0.3) is 0 Å². The third kappa shape index (κ3) is 1.33. The Balaban J connectivity index is 2.26. The molecular formula is C12H9BrCl2. The van der Waals surface area contributed by atoms with Crippen molar-refractivity contribution in [3.05, 3.63) is 43.9 Å². The zero-order valence-electron chi connectivity index (χ0n) is 7.93. The first-order valence-electron chi connectivity index (χ1n) is 5.03. The Morgan fingerprint density at radius 2 is 1.93 bits per heavy atom. The average molecular weight is 304 g/mol. The molecule has 0 nitrogen and oxygen atoms in total. The zero-order chi connectivity index (χ0) is 10.6. The fourth-order valence-electron chi connectivity index (χ4n) is 3.00. The smallest absolute Gasteiger partial charge is 0.0709 e. The molecule has 0 aliphatic heterocycles. The minimum absolute atomic E-state index is 0.450. The molecule has 78 valence electrons. The maximum absolute atomic E-state index is 5.99. The molecule has 1 aromatic rings. The van der Waals surface area contributed by atoms with Gasteiger partial charge in [0.15, 0.2) is 0 Å². The Kier molecular flexibility index (Phi) is 2.39. The minimum atomic E-state index is 0.450. The third-order valence-corrected chi connectivity index (χ3v) is 4.65. The van der Waals surface area contributed by atoms with Gasteiger partial charge in [0.2, 0.25) is 0 Å². The summed E-state index contributed by atoms with van der Waals surface area (Å²) in [6.07, 6.45) is 2.37. The van der Waals surface area contributed by atoms with Crippen molar-refractivity contribution in [2.45, 2.75) is 24.7 Å². The van der Waals surface area contributed by atoms with Crippen LogP contribution in [-0.4, -0.2) is 0 Å². The van der Waals surface area contributed by atoms with E-state index in [2.05, 4.69) is 34.1 Å². The molecule has 0 aromatic heterocycles. The normalized spacial score (nSPS) is 27.0. The first kappa shape index (κ1) is 10.2. The maximum atomic E-state index is 5.99. The molecule has 15 heavy (non-hydrogen) atoms. The zero-order valence-corrected chi connectivity index (χ0v) is 11.0. The van der Waals surface area contributed by atoms with Crippen LogP contribution in [0.1, 0.15) is 35.8 Å². The SMILES string of the molecule is ClC(Cl)=C1C2CCC1c1c(Br)cccc12. The van der Waals surface area contributed by atoms with Gasteiger partial charge in [-0.2, -0.15) is 0 Å². The Bertz CT molecular complexity index is 461. The minimum Gasteiger partial charge on any atom is -0.0709 e. The summed E-state index contributed by atoms with van der Waals surface area (Å²) >= 11 is 15.6. The molecule has 0 radical (unpaired) electrons. The van der Waals surface area contributed by atoms with Crippen LogP contribution in [0.4, 0.5) is 0 Å². The largest absolute Gasteiger partial charge is 0.107 e. The first-order chi connectivity index (χ1) is 7.20. The number of rotatable bonds is 0. The van der Waals surface area contributed by atoms with Crippen LogP contribution in [0.2, 0.25) is 0 Å². The number of benzene rings is 1. The van der Waals surface area contributed by atoms with Gasteiger partial charge in [-0.05, 0) is 35.6 Å². The number of halogens is 3. The molecule has 0 spiro atoms. The summed E-state index contributed by atoms with van der Waals surface area (Å²) in [4.78, 5) is 0. The lowest BCUT2D eigenvalue weighted by Crippen LogP contribution is -1.97. The topological polar surface area (TPSA) is 0 Å². The van der Waals surface area contributed by atoms with Gasteiger partial charge in [-0.15, -0.1) is 0 Å². The summed E-state index contributed by atoms with van der Waals surface area (Å²) < 4.78 is 1.67. The van der Waals surface area contributed by atoms with E-state index < -0.39 is 0 Å². The second-order valence-corrected chi connectivity index (χ2v) is 5.94. The standard InChI is InChI=1S/C12H9BrCl2/c13-9-3-1-2-6-7-4-5-8(10(6)9)11(7)12(14)15/h1-3,7-8H,4-5H2. The van der Waals surface area contributed by atoms with Crippen molar-refractivity contribution in [2.75, 3.05) is 0 Å². The predicted octanol–water partition coefficient (Wildman–Crippen LogP) is 5.11. The quantitative estimate of drug-likeness (QED) is 0.624. The molecule has 2 aliphatic rings. The number of fused-ring (bicyclic) bond motifs is 5. The van der Waals surface area contributed by atoms with E-state index in [4.69, 9.17) is 23.2 Å². The van der Waals surface area contributed by atoms with Gasteiger partial charge in [-0.3, -0.25) is 0 Å². The second kappa shape index (κ2) is 3.51. The van der Waals surface area contributed by atoms with E-state index in [1.165, 1.54) is 34.0 Å². The molecule has 1 aromatic carbocycles. The van der Waals surface area contributed by atoms with Gasteiger partial charge in [0.05, 0.1) is 0 Å². The van der Waals surface area contributed by atoms with Crippen LogP contribution in [-0.2, 0) is 0 Å². The average Bonchev–Trinajstić information content (AvgIpc) is 2.73. The van der Waals surface area contributed by atoms with Gasteiger partial charge in [0.25, 0.3) is 0 Å². The molecule has 2 atom stereocenters. The van der Waals surface area contributed by atoms with Crippen molar-refractivity contribution >= 4 is 39.1 Å². The van der Waals surface area contributed by atoms with Crippen molar-refractivity contribution in [1.29, 1.82) is 0 Å². The van der Waals surface area contributed by atoms with E-state index in [1.54, 1.807) is 0 Å². The number of allylic oxidation sites excluding steroid dienone is 1. The van der Waals surface area contributed by atoms with Gasteiger partial charge in [0, 0.05) is 16.3 Å². The Morgan fingerprint density at radius 3 is 2.60 bits per heavy atom. The lowest BCUT2D eigenvalue weighted by Gasteiger charge is -2.14. The van der Waals surface area contributed by atoms with Gasteiger partial charge >= 0.3 is 0 Å². The Morgan fingerprint density at radius 1 is 1.20 bits per heavy atom. The van der Waals surface area contributed by atoms with Crippen molar-refractivity contribution < 1.29 is 0 Å². The maximum Gasteiger partial charge on any atom is 0.107 e. The molecular weight excluding hydrogens is 295 g/mol. The van der Waals surface area contributed by atoms with Gasteiger partial charge in [0.1, 0.15) is 4.49 Å². The lowest BCUT2D eigenvalue weighted by atomic mass is 9.92. The predicted molar refractivity (Wildman–Crippen MR) is 67.6 cm³/mol. The van der Waals surface area contributed by atoms with Crippen molar-refractivity contribution in [1.82, 2.24) is 0 Å². The van der Waals surface area contributed by atoms with Crippen LogP contribution >= 0.6 is 39.1 Å². The van der Waals surface area contributed by atoms with Crippen molar-refractivity contribution in [2.24, 2.45) is 0 Å². The number of hydrogen-bond acceptors (Lipinski definition) is 0. The summed E-state index contributed by atoms with van der Waals surface area (Å²) in [5.41, 5.74) is 4.05. The van der Waals surface area contributed by atoms with E-state index >= 15 is 0 Å². The van der Waals surface area contributed by atoms with Crippen LogP contribution in [0.5, 0.6) is 0 Å². The fourth-order valence-corrected chi connectivity index (χ4v) is 4.18. The summed E-state index contributed by atoms with van der Waals surface area (Å²) in [7, 11) is 0. The highest BCUT2D eigenvalue weighted by atomic mass is 79.9. The number of hydrogen-bond donors (Lipinski definition) is 0. The molecule has 2 unspecified atom stereocenters. The molecule has 2 bridgehead atoms. The van der Waals surface area contributed by atoms with Crippen LogP contribution in [0.3, 0.4) is 0 Å². The molecule has 1 saturated carbocycles. The summed E-state index contributed by atoms with van der Waals surface area (Å²) in [5, 5.41) is 0. The highest BCUT2D eigenvalue weighted by Crippen LogP contribution is 2.60. The molecule has 0 N–H and O–H groups in total. The van der Waals surface area contributed by atoms with Gasteiger partial charge in [-0.1, -0.05) is 51.3 Å². The Labute approximate surface area is 107 Å². The van der Waals surface area contributed by atoms with E-state index in [1.807, 2.05) is 0 Å². The second-order valence-electron chi connectivity index (χ2n) is 4.14. The van der Waals surface area contributed by atoms with Crippen LogP contribution in [0.15, 0.2) is 32.7 Å². The molecule has 0 amide bonds. The van der Waals surface area contributed by atoms with Crippen molar-refractivity contribution in [3.63, 3.8) is 0 Å². The Hall–Kier alpha value is 0.0200.